The Morgan fingerprint density at radius 3 is 2.52 bits per heavy atom. The fourth-order valence-electron chi connectivity index (χ4n) is 3.10. The smallest absolute Gasteiger partial charge is 0.370 e. The second-order valence-corrected chi connectivity index (χ2v) is 7.63. The van der Waals surface area contributed by atoms with Crippen LogP contribution in [0.3, 0.4) is 0 Å². The number of benzene rings is 1. The second-order valence-electron chi connectivity index (χ2n) is 6.83. The van der Waals surface area contributed by atoms with Gasteiger partial charge in [0, 0.05) is 13.1 Å². The first-order valence-electron chi connectivity index (χ1n) is 8.69. The van der Waals surface area contributed by atoms with E-state index in [0.717, 1.165) is 43.8 Å². The monoisotopic (exact) mass is 444 g/mol. The lowest BCUT2D eigenvalue weighted by atomic mass is 10.1. The van der Waals surface area contributed by atoms with Crippen molar-refractivity contribution < 1.29 is 18.0 Å². The molecule has 0 aliphatic carbocycles. The summed E-state index contributed by atoms with van der Waals surface area (Å²) in [5.74, 6) is -0.452. The van der Waals surface area contributed by atoms with E-state index in [4.69, 9.17) is 0 Å². The van der Waals surface area contributed by atoms with E-state index in [9.17, 15) is 18.0 Å². The third-order valence-electron chi connectivity index (χ3n) is 4.54. The van der Waals surface area contributed by atoms with E-state index in [1.165, 1.54) is 6.07 Å². The highest BCUT2D eigenvalue weighted by Gasteiger charge is 2.32. The van der Waals surface area contributed by atoms with Crippen molar-refractivity contribution in [3.8, 4) is 0 Å². The molecule has 0 saturated carbocycles. The summed E-state index contributed by atoms with van der Waals surface area (Å²) in [6, 6.07) is 3.45. The Bertz CT molecular complexity index is 842. The average molecular weight is 445 g/mol. The lowest BCUT2D eigenvalue weighted by molar-refractivity contribution is -0.137. The fraction of sp³-hybridized carbons (Fsp3) is 0.444. The number of amides is 1. The zero-order valence-corrected chi connectivity index (χ0v) is 16.5. The van der Waals surface area contributed by atoms with E-state index in [-0.39, 0.29) is 17.3 Å². The molecule has 0 spiro atoms. The van der Waals surface area contributed by atoms with Crippen LogP contribution in [0.1, 0.15) is 54.4 Å². The van der Waals surface area contributed by atoms with Crippen LogP contribution >= 0.6 is 15.9 Å². The van der Waals surface area contributed by atoms with Crippen molar-refractivity contribution in [3.05, 3.63) is 39.6 Å². The third-order valence-corrected chi connectivity index (χ3v) is 5.35. The molecule has 1 amide bonds. The molecule has 2 N–H and O–H groups in total. The molecule has 146 valence electrons. The van der Waals surface area contributed by atoms with Crippen LogP contribution < -0.4 is 10.2 Å². The van der Waals surface area contributed by atoms with Crippen LogP contribution in [0, 0.1) is 0 Å². The minimum atomic E-state index is -4.49. The zero-order chi connectivity index (χ0) is 19.8. The number of carbonyl (C=O) groups is 1. The molecule has 1 aromatic heterocycles. The van der Waals surface area contributed by atoms with Crippen molar-refractivity contribution in [2.45, 2.75) is 38.8 Å². The number of anilines is 2. The highest BCUT2D eigenvalue weighted by atomic mass is 79.9. The number of hydrogen-bond acceptors (Lipinski definition) is 3. The van der Waals surface area contributed by atoms with Crippen molar-refractivity contribution >= 4 is 33.2 Å². The Morgan fingerprint density at radius 2 is 1.96 bits per heavy atom. The molecule has 1 aliphatic rings. The van der Waals surface area contributed by atoms with Gasteiger partial charge in [-0.3, -0.25) is 9.89 Å². The highest BCUT2D eigenvalue weighted by molar-refractivity contribution is 9.10. The van der Waals surface area contributed by atoms with Gasteiger partial charge < -0.3 is 10.2 Å². The Morgan fingerprint density at radius 1 is 1.30 bits per heavy atom. The zero-order valence-electron chi connectivity index (χ0n) is 15.0. The number of rotatable bonds is 4. The van der Waals surface area contributed by atoms with Crippen LogP contribution in [-0.4, -0.2) is 29.2 Å². The summed E-state index contributed by atoms with van der Waals surface area (Å²) in [6.45, 7) is 5.38. The van der Waals surface area contributed by atoms with Gasteiger partial charge in [0.25, 0.3) is 5.91 Å². The maximum atomic E-state index is 13.1. The summed E-state index contributed by atoms with van der Waals surface area (Å²) in [5, 5.41) is 9.43. The Balaban J connectivity index is 1.95. The number of halogens is 4. The minimum absolute atomic E-state index is 0.113. The molecule has 2 heterocycles. The van der Waals surface area contributed by atoms with Crippen molar-refractivity contribution in [2.75, 3.05) is 23.3 Å². The first-order chi connectivity index (χ1) is 12.7. The molecule has 0 radical (unpaired) electrons. The van der Waals surface area contributed by atoms with Gasteiger partial charge in [-0.1, -0.05) is 13.8 Å². The lowest BCUT2D eigenvalue weighted by Gasteiger charge is -2.22. The maximum Gasteiger partial charge on any atom is 0.416 e. The Kier molecular flexibility index (Phi) is 5.50. The number of nitrogens with one attached hydrogen (secondary N) is 2. The quantitative estimate of drug-likeness (QED) is 0.683. The number of alkyl halides is 3. The molecule has 1 saturated heterocycles. The second kappa shape index (κ2) is 7.53. The summed E-state index contributed by atoms with van der Waals surface area (Å²) in [4.78, 5) is 14.7. The minimum Gasteiger partial charge on any atom is -0.370 e. The number of nitrogens with zero attached hydrogens (tertiary/aromatic N) is 2. The van der Waals surface area contributed by atoms with Gasteiger partial charge in [0.05, 0.1) is 27.1 Å². The summed E-state index contributed by atoms with van der Waals surface area (Å²) in [6.07, 6.45) is -2.55. The standard InChI is InChI=1S/C18H20BrF3N4O/c1-10(2)15-14(19)16(25-24-15)17(27)23-12-9-11(18(20,21)22)5-6-13(12)26-7-3-4-8-26/h5-6,9-10H,3-4,7-8H2,1-2H3,(H,23,27)(H,24,25). The maximum absolute atomic E-state index is 13.1. The molecule has 0 atom stereocenters. The van der Waals surface area contributed by atoms with Gasteiger partial charge in [-0.05, 0) is 52.9 Å². The van der Waals surface area contributed by atoms with Crippen LogP contribution in [-0.2, 0) is 6.18 Å². The highest BCUT2D eigenvalue weighted by Crippen LogP contribution is 2.37. The molecule has 9 heteroatoms. The first-order valence-corrected chi connectivity index (χ1v) is 9.49. The van der Waals surface area contributed by atoms with E-state index in [2.05, 4.69) is 31.4 Å². The van der Waals surface area contributed by atoms with E-state index in [1.807, 2.05) is 18.7 Å². The molecule has 5 nitrogen and oxygen atoms in total. The van der Waals surface area contributed by atoms with E-state index >= 15 is 0 Å². The van der Waals surface area contributed by atoms with Gasteiger partial charge in [-0.2, -0.15) is 18.3 Å². The summed E-state index contributed by atoms with van der Waals surface area (Å²) >= 11 is 3.35. The van der Waals surface area contributed by atoms with E-state index in [0.29, 0.717) is 10.2 Å². The predicted octanol–water partition coefficient (Wildman–Crippen LogP) is 5.17. The molecule has 27 heavy (non-hydrogen) atoms. The van der Waals surface area contributed by atoms with Crippen LogP contribution in [0.5, 0.6) is 0 Å². The molecule has 0 bridgehead atoms. The van der Waals surface area contributed by atoms with E-state index in [1.54, 1.807) is 0 Å². The lowest BCUT2D eigenvalue weighted by Crippen LogP contribution is -2.22. The van der Waals surface area contributed by atoms with Gasteiger partial charge in [0.2, 0.25) is 0 Å². The van der Waals surface area contributed by atoms with Gasteiger partial charge in [0.15, 0.2) is 5.69 Å². The molecule has 3 rings (SSSR count). The molecule has 0 unspecified atom stereocenters. The SMILES string of the molecule is CC(C)c1[nH]nc(C(=O)Nc2cc(C(F)(F)F)ccc2N2CCCC2)c1Br. The molecule has 1 aliphatic heterocycles. The van der Waals surface area contributed by atoms with Crippen LogP contribution in [0.2, 0.25) is 0 Å². The Labute approximate surface area is 163 Å². The number of aromatic amines is 1. The first kappa shape index (κ1) is 19.7. The average Bonchev–Trinajstić information content (AvgIpc) is 3.23. The van der Waals surface area contributed by atoms with Gasteiger partial charge in [-0.15, -0.1) is 0 Å². The summed E-state index contributed by atoms with van der Waals surface area (Å²) < 4.78 is 39.9. The summed E-state index contributed by atoms with van der Waals surface area (Å²) in [7, 11) is 0. The van der Waals surface area contributed by atoms with Crippen molar-refractivity contribution in [2.24, 2.45) is 0 Å². The summed E-state index contributed by atoms with van der Waals surface area (Å²) in [5.41, 5.74) is 0.791. The molecule has 1 aromatic carbocycles. The molecular weight excluding hydrogens is 425 g/mol. The fourth-order valence-corrected chi connectivity index (χ4v) is 3.92. The van der Waals surface area contributed by atoms with Crippen molar-refractivity contribution in [1.29, 1.82) is 0 Å². The van der Waals surface area contributed by atoms with Gasteiger partial charge in [-0.25, -0.2) is 0 Å². The van der Waals surface area contributed by atoms with Crippen LogP contribution in [0.25, 0.3) is 0 Å². The normalized spacial score (nSPS) is 14.9. The number of carbonyl (C=O) groups excluding carboxylic acids is 1. The predicted molar refractivity (Wildman–Crippen MR) is 101 cm³/mol. The number of hydrogen-bond donors (Lipinski definition) is 2. The van der Waals surface area contributed by atoms with Crippen molar-refractivity contribution in [3.63, 3.8) is 0 Å². The van der Waals surface area contributed by atoms with Gasteiger partial charge >= 0.3 is 6.18 Å². The topological polar surface area (TPSA) is 61.0 Å². The number of H-pyrrole nitrogens is 1. The third kappa shape index (κ3) is 4.12. The molecule has 1 fully saturated rings. The largest absolute Gasteiger partial charge is 0.416 e. The van der Waals surface area contributed by atoms with E-state index < -0.39 is 17.6 Å². The van der Waals surface area contributed by atoms with Gasteiger partial charge in [0.1, 0.15) is 0 Å². The molecular formula is C18H20BrF3N4O. The molecule has 2 aromatic rings. The van der Waals surface area contributed by atoms with Crippen molar-refractivity contribution in [1.82, 2.24) is 10.2 Å². The Hall–Kier alpha value is -2.03. The number of aromatic nitrogens is 2. The van der Waals surface area contributed by atoms with Crippen LogP contribution in [0.4, 0.5) is 24.5 Å². The van der Waals surface area contributed by atoms with Crippen LogP contribution in [0.15, 0.2) is 22.7 Å².